The first-order valence-corrected chi connectivity index (χ1v) is 11.2. The lowest BCUT2D eigenvalue weighted by Crippen LogP contribution is -2.21. The lowest BCUT2D eigenvalue weighted by Gasteiger charge is -2.16. The van der Waals surface area contributed by atoms with Gasteiger partial charge in [-0.3, -0.25) is 0 Å². The number of halogens is 1. The molecular weight excluding hydrogens is 439 g/mol. The third-order valence-electron chi connectivity index (χ3n) is 4.93. The van der Waals surface area contributed by atoms with Crippen LogP contribution in [-0.2, 0) is 16.5 Å². The highest BCUT2D eigenvalue weighted by Crippen LogP contribution is 2.34. The highest BCUT2D eigenvalue weighted by atomic mass is 32.2. The van der Waals surface area contributed by atoms with Crippen LogP contribution in [0.4, 0.5) is 14.9 Å². The number of rotatable bonds is 4. The van der Waals surface area contributed by atoms with E-state index in [4.69, 9.17) is 14.6 Å². The number of nitrogens with two attached hydrogens (primary N) is 1. The number of carbonyl (C=O) groups is 1. The zero-order valence-electron chi connectivity index (χ0n) is 17.4. The maximum atomic E-state index is 14.3. The van der Waals surface area contributed by atoms with Crippen molar-refractivity contribution >= 4 is 21.6 Å². The Bertz CT molecular complexity index is 1320. The third-order valence-corrected chi connectivity index (χ3v) is 6.28. The zero-order valence-corrected chi connectivity index (χ0v) is 18.2. The summed E-state index contributed by atoms with van der Waals surface area (Å²) in [6, 6.07) is 5.12. The van der Waals surface area contributed by atoms with Crippen LogP contribution in [0.25, 0.3) is 11.1 Å². The summed E-state index contributed by atoms with van der Waals surface area (Å²) >= 11 is 0. The predicted molar refractivity (Wildman–Crippen MR) is 115 cm³/mol. The molecule has 0 spiro atoms. The number of aromatic nitrogens is 3. The van der Waals surface area contributed by atoms with Crippen molar-refractivity contribution in [1.29, 1.82) is 0 Å². The zero-order chi connectivity index (χ0) is 22.9. The molecule has 12 heteroatoms. The SMILES string of the molecule is COc1cc(-c2ccc(F)c(C)c2NC(=O)N=[S@](N)(=O)c2cnn3c2OCCC3)ccn1. The van der Waals surface area contributed by atoms with Crippen molar-refractivity contribution in [3.63, 3.8) is 0 Å². The smallest absolute Gasteiger partial charge is 0.354 e. The molecule has 2 amide bonds. The van der Waals surface area contributed by atoms with E-state index in [1.165, 1.54) is 43.2 Å². The van der Waals surface area contributed by atoms with Crippen molar-refractivity contribution in [3.8, 4) is 22.9 Å². The maximum Gasteiger partial charge on any atom is 0.354 e. The number of benzene rings is 1. The van der Waals surface area contributed by atoms with Gasteiger partial charge in [0.1, 0.15) is 10.7 Å². The minimum Gasteiger partial charge on any atom is -0.481 e. The standard InChI is InChI=1S/C20H21FN6O4S/c1-12-15(21)5-4-14(13-6-7-23-17(10-13)30-2)18(12)25-20(28)26-32(22,29)16-11-24-27-8-3-9-31-19(16)27/h4-7,10-11H,3,8-9H2,1-2H3,(H3,22,25,26,28,29)/t32-/m0/s1. The van der Waals surface area contributed by atoms with E-state index in [9.17, 15) is 13.4 Å². The molecule has 10 nitrogen and oxygen atoms in total. The van der Waals surface area contributed by atoms with Gasteiger partial charge >= 0.3 is 6.03 Å². The van der Waals surface area contributed by atoms with Crippen LogP contribution in [0, 0.1) is 12.7 Å². The molecule has 3 aromatic rings. The molecule has 0 fully saturated rings. The molecule has 168 valence electrons. The first-order chi connectivity index (χ1) is 15.3. The van der Waals surface area contributed by atoms with Crippen molar-refractivity contribution in [3.05, 3.63) is 48.0 Å². The summed E-state index contributed by atoms with van der Waals surface area (Å²) in [6.45, 7) is 2.51. The second-order valence-corrected chi connectivity index (χ2v) is 8.77. The number of methoxy groups -OCH3 is 1. The summed E-state index contributed by atoms with van der Waals surface area (Å²) in [5, 5.41) is 12.5. The molecular formula is C20H21FN6O4S. The highest BCUT2D eigenvalue weighted by molar-refractivity contribution is 7.91. The monoisotopic (exact) mass is 460 g/mol. The molecule has 2 aromatic heterocycles. The molecule has 0 bridgehead atoms. The first-order valence-electron chi connectivity index (χ1n) is 9.64. The second kappa shape index (κ2) is 8.55. The number of hydrogen-bond acceptors (Lipinski definition) is 6. The van der Waals surface area contributed by atoms with Gasteiger partial charge in [0.05, 0.1) is 25.6 Å². The van der Waals surface area contributed by atoms with Crippen molar-refractivity contribution in [1.82, 2.24) is 14.8 Å². The molecule has 3 heterocycles. The highest BCUT2D eigenvalue weighted by Gasteiger charge is 2.24. The average molecular weight is 460 g/mol. The van der Waals surface area contributed by atoms with Crippen LogP contribution >= 0.6 is 0 Å². The molecule has 4 rings (SSSR count). The van der Waals surface area contributed by atoms with E-state index in [1.807, 2.05) is 0 Å². The van der Waals surface area contributed by atoms with Crippen molar-refractivity contribution in [2.45, 2.75) is 24.8 Å². The van der Waals surface area contributed by atoms with Gasteiger partial charge in [-0.15, -0.1) is 4.36 Å². The van der Waals surface area contributed by atoms with Gasteiger partial charge in [-0.25, -0.2) is 28.2 Å². The van der Waals surface area contributed by atoms with Gasteiger partial charge in [0, 0.05) is 36.4 Å². The number of amides is 2. The van der Waals surface area contributed by atoms with Crippen LogP contribution in [0.15, 0.2) is 45.9 Å². The van der Waals surface area contributed by atoms with Gasteiger partial charge < -0.3 is 14.8 Å². The maximum absolute atomic E-state index is 14.3. The van der Waals surface area contributed by atoms with Crippen LogP contribution in [0.1, 0.15) is 12.0 Å². The van der Waals surface area contributed by atoms with Crippen molar-refractivity contribution < 1.29 is 22.9 Å². The number of fused-ring (bicyclic) bond motifs is 1. The van der Waals surface area contributed by atoms with Crippen LogP contribution in [-0.4, -0.2) is 38.7 Å². The minimum atomic E-state index is -3.66. The van der Waals surface area contributed by atoms with E-state index in [0.29, 0.717) is 30.2 Å². The Balaban J connectivity index is 1.71. The van der Waals surface area contributed by atoms with Crippen LogP contribution in [0.2, 0.25) is 0 Å². The van der Waals surface area contributed by atoms with Gasteiger partial charge in [-0.05, 0) is 30.7 Å². The molecule has 0 saturated heterocycles. The molecule has 0 unspecified atom stereocenters. The molecule has 1 aliphatic heterocycles. The Morgan fingerprint density at radius 3 is 3.00 bits per heavy atom. The number of aryl methyl sites for hydroxylation is 1. The molecule has 32 heavy (non-hydrogen) atoms. The van der Waals surface area contributed by atoms with E-state index in [0.717, 1.165) is 6.42 Å². The average Bonchev–Trinajstić information content (AvgIpc) is 3.22. The summed E-state index contributed by atoms with van der Waals surface area (Å²) < 4.78 is 43.1. The van der Waals surface area contributed by atoms with E-state index in [2.05, 4.69) is 19.8 Å². The molecule has 1 aliphatic rings. The van der Waals surface area contributed by atoms with E-state index in [-0.39, 0.29) is 22.0 Å². The van der Waals surface area contributed by atoms with Gasteiger partial charge in [0.25, 0.3) is 0 Å². The van der Waals surface area contributed by atoms with Crippen molar-refractivity contribution in [2.75, 3.05) is 19.0 Å². The van der Waals surface area contributed by atoms with Crippen LogP contribution < -0.4 is 19.9 Å². The van der Waals surface area contributed by atoms with Gasteiger partial charge in [0.15, 0.2) is 9.92 Å². The lowest BCUT2D eigenvalue weighted by molar-refractivity contribution is 0.224. The number of hydrogen-bond donors (Lipinski definition) is 2. The summed E-state index contributed by atoms with van der Waals surface area (Å²) in [7, 11) is -2.19. The van der Waals surface area contributed by atoms with Gasteiger partial charge in [-0.1, -0.05) is 0 Å². The lowest BCUT2D eigenvalue weighted by atomic mass is 10.0. The normalized spacial score (nSPS) is 14.6. The third kappa shape index (κ3) is 4.14. The fourth-order valence-corrected chi connectivity index (χ4v) is 4.33. The quantitative estimate of drug-likeness (QED) is 0.614. The Kier molecular flexibility index (Phi) is 5.80. The summed E-state index contributed by atoms with van der Waals surface area (Å²) in [6.07, 6.45) is 3.56. The fraction of sp³-hybridized carbons (Fsp3) is 0.250. The number of urea groups is 1. The van der Waals surface area contributed by atoms with E-state index < -0.39 is 21.8 Å². The summed E-state index contributed by atoms with van der Waals surface area (Å²) in [4.78, 5) is 16.8. The molecule has 1 aromatic carbocycles. The molecule has 3 N–H and O–H groups in total. The van der Waals surface area contributed by atoms with E-state index in [1.54, 1.807) is 12.1 Å². The minimum absolute atomic E-state index is 0.0300. The van der Waals surface area contributed by atoms with Gasteiger partial charge in [-0.2, -0.15) is 5.10 Å². The second-order valence-electron chi connectivity index (χ2n) is 7.01. The number of anilines is 1. The number of nitrogens with zero attached hydrogens (tertiary/aromatic N) is 4. The Hall–Kier alpha value is -3.51. The topological polar surface area (TPSA) is 134 Å². The Morgan fingerprint density at radius 1 is 1.41 bits per heavy atom. The van der Waals surface area contributed by atoms with E-state index >= 15 is 0 Å². The number of carbonyl (C=O) groups excluding carboxylic acids is 1. The van der Waals surface area contributed by atoms with Crippen LogP contribution in [0.5, 0.6) is 11.8 Å². The Morgan fingerprint density at radius 2 is 2.22 bits per heavy atom. The fourth-order valence-electron chi connectivity index (χ4n) is 3.32. The first kappa shape index (κ1) is 21.7. The predicted octanol–water partition coefficient (Wildman–Crippen LogP) is 3.12. The number of nitrogens with one attached hydrogen (secondary N) is 1. The molecule has 1 atom stereocenters. The van der Waals surface area contributed by atoms with Crippen LogP contribution in [0.3, 0.4) is 0 Å². The molecule has 0 radical (unpaired) electrons. The Labute approximate surface area is 183 Å². The molecule has 0 aliphatic carbocycles. The summed E-state index contributed by atoms with van der Waals surface area (Å²) in [5.41, 5.74) is 1.47. The number of ether oxygens (including phenoxy) is 2. The largest absolute Gasteiger partial charge is 0.481 e. The van der Waals surface area contributed by atoms with Gasteiger partial charge in [0.2, 0.25) is 11.8 Å². The molecule has 0 saturated carbocycles. The number of pyridine rings is 1. The van der Waals surface area contributed by atoms with Crippen molar-refractivity contribution in [2.24, 2.45) is 9.50 Å². The summed E-state index contributed by atoms with van der Waals surface area (Å²) in [5.74, 6) is 0.0480.